The lowest BCUT2D eigenvalue weighted by Crippen LogP contribution is -2.34. The molecule has 1 heterocycles. The second-order valence-corrected chi connectivity index (χ2v) is 7.82. The molecule has 1 N–H and O–H groups in total. The van der Waals surface area contributed by atoms with Crippen LogP contribution in [0.3, 0.4) is 0 Å². The summed E-state index contributed by atoms with van der Waals surface area (Å²) in [5.41, 5.74) is 2.68. The molecule has 4 rings (SSSR count). The smallest absolute Gasteiger partial charge is 0.338 e. The Labute approximate surface area is 195 Å². The van der Waals surface area contributed by atoms with Gasteiger partial charge in [-0.1, -0.05) is 30.3 Å². The molecule has 0 saturated carbocycles. The summed E-state index contributed by atoms with van der Waals surface area (Å²) in [5, 5.41) is 2.13. The van der Waals surface area contributed by atoms with Crippen LogP contribution >= 0.6 is 0 Å². The molecular weight excluding hydrogens is 436 g/mol. The van der Waals surface area contributed by atoms with Crippen molar-refractivity contribution >= 4 is 35.3 Å². The molecule has 3 aromatic carbocycles. The number of nitrogens with one attached hydrogen (secondary N) is 1. The largest absolute Gasteiger partial charge is 0.452 e. The first kappa shape index (κ1) is 22.6. The van der Waals surface area contributed by atoms with Gasteiger partial charge in [0.05, 0.1) is 22.4 Å². The maximum Gasteiger partial charge on any atom is 0.338 e. The fourth-order valence-corrected chi connectivity index (χ4v) is 3.59. The van der Waals surface area contributed by atoms with Gasteiger partial charge in [0.15, 0.2) is 6.61 Å². The standard InChI is InChI=1S/C26H20N2O6/c1-15-8-9-16(2)21(12-15)28-24(31)19-11-10-18(13-20(19)25(28)32)26(33)34-14-22(29)27-23(30)17-6-4-3-5-7-17/h3-13H,14H2,1-2H3,(H,27,29,30). The molecule has 1 aliphatic heterocycles. The number of imide groups is 2. The van der Waals surface area contributed by atoms with Crippen LogP contribution in [0.2, 0.25) is 0 Å². The second-order valence-electron chi connectivity index (χ2n) is 7.82. The molecule has 0 aliphatic carbocycles. The quantitative estimate of drug-likeness (QED) is 0.466. The van der Waals surface area contributed by atoms with Crippen molar-refractivity contribution in [3.05, 3.63) is 100 Å². The maximum atomic E-state index is 13.0. The van der Waals surface area contributed by atoms with Gasteiger partial charge in [-0.05, 0) is 61.4 Å². The Hall–Kier alpha value is -4.59. The lowest BCUT2D eigenvalue weighted by atomic mass is 10.1. The van der Waals surface area contributed by atoms with E-state index in [4.69, 9.17) is 4.74 Å². The number of amides is 4. The van der Waals surface area contributed by atoms with E-state index in [9.17, 15) is 24.0 Å². The molecule has 4 amide bonds. The van der Waals surface area contributed by atoms with Crippen molar-refractivity contribution in [1.82, 2.24) is 5.32 Å². The van der Waals surface area contributed by atoms with Crippen molar-refractivity contribution in [2.45, 2.75) is 13.8 Å². The minimum atomic E-state index is -0.865. The van der Waals surface area contributed by atoms with E-state index in [-0.39, 0.29) is 22.3 Å². The lowest BCUT2D eigenvalue weighted by molar-refractivity contribution is -0.123. The monoisotopic (exact) mass is 456 g/mol. The van der Waals surface area contributed by atoms with Crippen LogP contribution in [-0.4, -0.2) is 36.2 Å². The molecule has 8 heteroatoms. The number of carbonyl (C=O) groups excluding carboxylic acids is 5. The predicted octanol–water partition coefficient (Wildman–Crippen LogP) is 3.22. The third kappa shape index (κ3) is 4.33. The number of nitrogens with zero attached hydrogens (tertiary/aromatic N) is 1. The van der Waals surface area contributed by atoms with Crippen LogP contribution in [0.4, 0.5) is 5.69 Å². The highest BCUT2D eigenvalue weighted by Gasteiger charge is 2.38. The number of anilines is 1. The summed E-state index contributed by atoms with van der Waals surface area (Å²) in [6.45, 7) is 2.98. The van der Waals surface area contributed by atoms with E-state index in [0.29, 0.717) is 5.69 Å². The van der Waals surface area contributed by atoms with Crippen LogP contribution in [-0.2, 0) is 9.53 Å². The summed E-state index contributed by atoms with van der Waals surface area (Å²) in [6, 6.07) is 17.6. The van der Waals surface area contributed by atoms with Crippen molar-refractivity contribution in [2.75, 3.05) is 11.5 Å². The summed E-state index contributed by atoms with van der Waals surface area (Å²) in [5.74, 6) is -3.30. The number of aryl methyl sites for hydroxylation is 2. The van der Waals surface area contributed by atoms with Gasteiger partial charge in [0.2, 0.25) is 0 Å². The molecule has 0 spiro atoms. The van der Waals surface area contributed by atoms with Crippen LogP contribution in [0.5, 0.6) is 0 Å². The highest BCUT2D eigenvalue weighted by atomic mass is 16.5. The molecule has 0 unspecified atom stereocenters. The van der Waals surface area contributed by atoms with Gasteiger partial charge in [-0.3, -0.25) is 24.5 Å². The van der Waals surface area contributed by atoms with E-state index in [1.807, 2.05) is 19.1 Å². The number of rotatable bonds is 5. The normalized spacial score (nSPS) is 12.4. The topological polar surface area (TPSA) is 110 Å². The second kappa shape index (κ2) is 9.11. The van der Waals surface area contributed by atoms with E-state index in [2.05, 4.69) is 5.32 Å². The number of fused-ring (bicyclic) bond motifs is 1. The molecule has 0 bridgehead atoms. The van der Waals surface area contributed by atoms with Crippen molar-refractivity contribution < 1.29 is 28.7 Å². The first-order valence-corrected chi connectivity index (χ1v) is 10.4. The highest BCUT2D eigenvalue weighted by molar-refractivity contribution is 6.35. The summed E-state index contributed by atoms with van der Waals surface area (Å²) in [6.07, 6.45) is 0. The van der Waals surface area contributed by atoms with Gasteiger partial charge in [-0.25, -0.2) is 9.69 Å². The fourth-order valence-electron chi connectivity index (χ4n) is 3.59. The van der Waals surface area contributed by atoms with Gasteiger partial charge in [0.1, 0.15) is 0 Å². The predicted molar refractivity (Wildman–Crippen MR) is 123 cm³/mol. The number of ether oxygens (including phenoxy) is 1. The molecule has 0 radical (unpaired) electrons. The summed E-state index contributed by atoms with van der Waals surface area (Å²) < 4.78 is 4.98. The number of hydrogen-bond acceptors (Lipinski definition) is 6. The van der Waals surface area contributed by atoms with Crippen molar-refractivity contribution in [2.24, 2.45) is 0 Å². The van der Waals surface area contributed by atoms with Crippen LogP contribution < -0.4 is 10.2 Å². The molecular formula is C26H20N2O6. The Balaban J connectivity index is 1.45. The lowest BCUT2D eigenvalue weighted by Gasteiger charge is -2.17. The SMILES string of the molecule is Cc1ccc(C)c(N2C(=O)c3ccc(C(=O)OCC(=O)NC(=O)c4ccccc4)cc3C2=O)c1. The molecule has 3 aromatic rings. The van der Waals surface area contributed by atoms with Crippen molar-refractivity contribution in [3.8, 4) is 0 Å². The van der Waals surface area contributed by atoms with Crippen LogP contribution in [0.15, 0.2) is 66.7 Å². The Morgan fingerprint density at radius 3 is 2.26 bits per heavy atom. The van der Waals surface area contributed by atoms with Gasteiger partial charge in [0, 0.05) is 5.56 Å². The van der Waals surface area contributed by atoms with E-state index >= 15 is 0 Å². The van der Waals surface area contributed by atoms with Crippen LogP contribution in [0, 0.1) is 13.8 Å². The maximum absolute atomic E-state index is 13.0. The first-order chi connectivity index (χ1) is 16.3. The van der Waals surface area contributed by atoms with E-state index in [1.54, 1.807) is 43.3 Å². The van der Waals surface area contributed by atoms with Gasteiger partial charge in [-0.15, -0.1) is 0 Å². The summed E-state index contributed by atoms with van der Waals surface area (Å²) >= 11 is 0. The zero-order valence-electron chi connectivity index (χ0n) is 18.5. The minimum Gasteiger partial charge on any atom is -0.452 e. The zero-order chi connectivity index (χ0) is 24.4. The van der Waals surface area contributed by atoms with E-state index in [1.165, 1.54) is 18.2 Å². The molecule has 34 heavy (non-hydrogen) atoms. The third-order valence-corrected chi connectivity index (χ3v) is 5.35. The molecule has 1 aliphatic rings. The average Bonchev–Trinajstić information content (AvgIpc) is 3.08. The number of hydrogen-bond donors (Lipinski definition) is 1. The van der Waals surface area contributed by atoms with E-state index < -0.39 is 36.2 Å². The van der Waals surface area contributed by atoms with Crippen molar-refractivity contribution in [1.29, 1.82) is 0 Å². The molecule has 0 aromatic heterocycles. The van der Waals surface area contributed by atoms with Gasteiger partial charge >= 0.3 is 5.97 Å². The van der Waals surface area contributed by atoms with Crippen molar-refractivity contribution in [3.63, 3.8) is 0 Å². The number of carbonyl (C=O) groups is 5. The summed E-state index contributed by atoms with van der Waals surface area (Å²) in [7, 11) is 0. The molecule has 170 valence electrons. The third-order valence-electron chi connectivity index (χ3n) is 5.35. The highest BCUT2D eigenvalue weighted by Crippen LogP contribution is 2.31. The Kier molecular flexibility index (Phi) is 6.05. The Bertz CT molecular complexity index is 1350. The van der Waals surface area contributed by atoms with Gasteiger partial charge < -0.3 is 4.74 Å². The van der Waals surface area contributed by atoms with Crippen LogP contribution in [0.25, 0.3) is 0 Å². The van der Waals surface area contributed by atoms with E-state index in [0.717, 1.165) is 16.0 Å². The molecule has 0 fully saturated rings. The van der Waals surface area contributed by atoms with Crippen LogP contribution in [0.1, 0.15) is 52.6 Å². The zero-order valence-corrected chi connectivity index (χ0v) is 18.5. The summed E-state index contributed by atoms with van der Waals surface area (Å²) in [4.78, 5) is 63.4. The number of benzene rings is 3. The average molecular weight is 456 g/mol. The molecule has 8 nitrogen and oxygen atoms in total. The fraction of sp³-hybridized carbons (Fsp3) is 0.115. The molecule has 0 saturated heterocycles. The number of esters is 1. The Morgan fingerprint density at radius 1 is 0.824 bits per heavy atom. The molecule has 0 atom stereocenters. The minimum absolute atomic E-state index is 0.00454. The van der Waals surface area contributed by atoms with Gasteiger partial charge in [0.25, 0.3) is 23.6 Å². The van der Waals surface area contributed by atoms with Gasteiger partial charge in [-0.2, -0.15) is 0 Å². The Morgan fingerprint density at radius 2 is 1.53 bits per heavy atom. The first-order valence-electron chi connectivity index (χ1n) is 10.4.